The van der Waals surface area contributed by atoms with Crippen molar-refractivity contribution in [3.05, 3.63) is 51.8 Å². The standard InChI is InChI=1S/C16H23ClN4/c1-11-6-5-7-13(12(11)2)15(18)16-14(17)10-19-21(16)9-8-20(3)4/h5-7,10,15H,8-9,18H2,1-4H3. The highest BCUT2D eigenvalue weighted by Crippen LogP contribution is 2.29. The Morgan fingerprint density at radius 2 is 2.05 bits per heavy atom. The lowest BCUT2D eigenvalue weighted by atomic mass is 9.96. The molecule has 0 bridgehead atoms. The molecular formula is C16H23ClN4. The molecule has 0 saturated heterocycles. The number of aromatic nitrogens is 2. The van der Waals surface area contributed by atoms with E-state index < -0.39 is 0 Å². The first-order valence-corrected chi connectivity index (χ1v) is 7.47. The average Bonchev–Trinajstić information content (AvgIpc) is 2.80. The maximum Gasteiger partial charge on any atom is 0.0837 e. The molecule has 1 aromatic carbocycles. The molecule has 0 spiro atoms. The van der Waals surface area contributed by atoms with E-state index in [-0.39, 0.29) is 6.04 Å². The minimum atomic E-state index is -0.262. The van der Waals surface area contributed by atoms with E-state index in [1.807, 2.05) is 24.8 Å². The summed E-state index contributed by atoms with van der Waals surface area (Å²) in [5.74, 6) is 0. The van der Waals surface area contributed by atoms with Gasteiger partial charge in [0.15, 0.2) is 0 Å². The summed E-state index contributed by atoms with van der Waals surface area (Å²) in [4.78, 5) is 2.11. The van der Waals surface area contributed by atoms with Gasteiger partial charge in [0, 0.05) is 6.54 Å². The zero-order valence-corrected chi connectivity index (χ0v) is 13.9. The quantitative estimate of drug-likeness (QED) is 0.924. The van der Waals surface area contributed by atoms with Gasteiger partial charge in [-0.2, -0.15) is 5.10 Å². The van der Waals surface area contributed by atoms with Crippen molar-refractivity contribution in [2.24, 2.45) is 5.73 Å². The molecule has 0 amide bonds. The van der Waals surface area contributed by atoms with Crippen LogP contribution in [0, 0.1) is 13.8 Å². The number of rotatable bonds is 5. The van der Waals surface area contributed by atoms with Crippen LogP contribution >= 0.6 is 11.6 Å². The SMILES string of the molecule is Cc1cccc(C(N)c2c(Cl)cnn2CCN(C)C)c1C. The fourth-order valence-corrected chi connectivity index (χ4v) is 2.67. The number of halogens is 1. The van der Waals surface area contributed by atoms with E-state index in [9.17, 15) is 0 Å². The lowest BCUT2D eigenvalue weighted by Gasteiger charge is -2.19. The third-order valence-corrected chi connectivity index (χ3v) is 4.16. The second-order valence-electron chi connectivity index (χ2n) is 5.67. The molecule has 0 aliphatic heterocycles. The van der Waals surface area contributed by atoms with Gasteiger partial charge in [-0.15, -0.1) is 0 Å². The summed E-state index contributed by atoms with van der Waals surface area (Å²) in [6.07, 6.45) is 1.68. The highest BCUT2D eigenvalue weighted by atomic mass is 35.5. The van der Waals surface area contributed by atoms with E-state index in [0.717, 1.165) is 24.3 Å². The van der Waals surface area contributed by atoms with Crippen LogP contribution in [0.3, 0.4) is 0 Å². The number of benzene rings is 1. The molecule has 2 rings (SSSR count). The fourth-order valence-electron chi connectivity index (χ4n) is 2.41. The minimum Gasteiger partial charge on any atom is -0.319 e. The molecule has 114 valence electrons. The number of hydrogen-bond acceptors (Lipinski definition) is 3. The van der Waals surface area contributed by atoms with E-state index in [1.165, 1.54) is 11.1 Å². The predicted octanol–water partition coefficient (Wildman–Crippen LogP) is 2.76. The molecule has 2 N–H and O–H groups in total. The molecule has 4 nitrogen and oxygen atoms in total. The van der Waals surface area contributed by atoms with Gasteiger partial charge in [-0.05, 0) is 44.6 Å². The number of likely N-dealkylation sites (N-methyl/N-ethyl adjacent to an activating group) is 1. The summed E-state index contributed by atoms with van der Waals surface area (Å²) < 4.78 is 1.91. The zero-order valence-electron chi connectivity index (χ0n) is 13.1. The minimum absolute atomic E-state index is 0.262. The Bertz CT molecular complexity index is 619. The number of aryl methyl sites for hydroxylation is 1. The molecule has 0 fully saturated rings. The van der Waals surface area contributed by atoms with Crippen molar-refractivity contribution in [1.82, 2.24) is 14.7 Å². The van der Waals surface area contributed by atoms with Crippen molar-refractivity contribution in [2.45, 2.75) is 26.4 Å². The third-order valence-electron chi connectivity index (χ3n) is 3.87. The van der Waals surface area contributed by atoms with Crippen molar-refractivity contribution in [1.29, 1.82) is 0 Å². The maximum absolute atomic E-state index is 6.48. The lowest BCUT2D eigenvalue weighted by Crippen LogP contribution is -2.24. The monoisotopic (exact) mass is 306 g/mol. The Labute approximate surface area is 131 Å². The van der Waals surface area contributed by atoms with Gasteiger partial charge in [-0.3, -0.25) is 4.68 Å². The van der Waals surface area contributed by atoms with E-state index in [0.29, 0.717) is 5.02 Å². The summed E-state index contributed by atoms with van der Waals surface area (Å²) in [5.41, 5.74) is 10.9. The van der Waals surface area contributed by atoms with Gasteiger partial charge in [0.1, 0.15) is 0 Å². The zero-order chi connectivity index (χ0) is 15.6. The second kappa shape index (κ2) is 6.60. The van der Waals surface area contributed by atoms with Crippen LogP contribution in [0.25, 0.3) is 0 Å². The third kappa shape index (κ3) is 3.46. The molecule has 1 heterocycles. The van der Waals surface area contributed by atoms with Crippen LogP contribution in [0.4, 0.5) is 0 Å². The molecule has 1 aromatic heterocycles. The van der Waals surface area contributed by atoms with Crippen LogP contribution < -0.4 is 5.73 Å². The number of nitrogens with zero attached hydrogens (tertiary/aromatic N) is 3. The lowest BCUT2D eigenvalue weighted by molar-refractivity contribution is 0.368. The van der Waals surface area contributed by atoms with Gasteiger partial charge in [0.2, 0.25) is 0 Å². The van der Waals surface area contributed by atoms with E-state index in [2.05, 4.69) is 36.0 Å². The van der Waals surface area contributed by atoms with Gasteiger partial charge >= 0.3 is 0 Å². The van der Waals surface area contributed by atoms with Gasteiger partial charge < -0.3 is 10.6 Å². The summed E-state index contributed by atoms with van der Waals surface area (Å²) >= 11 is 6.32. The number of hydrogen-bond donors (Lipinski definition) is 1. The predicted molar refractivity (Wildman–Crippen MR) is 87.7 cm³/mol. The van der Waals surface area contributed by atoms with E-state index >= 15 is 0 Å². The van der Waals surface area contributed by atoms with Crippen LogP contribution in [0.1, 0.15) is 28.4 Å². The Kier molecular flexibility index (Phi) is 5.04. The molecular weight excluding hydrogens is 284 g/mol. The van der Waals surface area contributed by atoms with E-state index in [4.69, 9.17) is 17.3 Å². The van der Waals surface area contributed by atoms with Crippen molar-refractivity contribution in [2.75, 3.05) is 20.6 Å². The molecule has 5 heteroatoms. The first-order valence-electron chi connectivity index (χ1n) is 7.09. The van der Waals surface area contributed by atoms with Crippen LogP contribution in [-0.2, 0) is 6.54 Å². The van der Waals surface area contributed by atoms with Crippen LogP contribution in [0.5, 0.6) is 0 Å². The maximum atomic E-state index is 6.48. The Balaban J connectivity index is 2.36. The molecule has 0 aliphatic carbocycles. The first-order chi connectivity index (χ1) is 9.91. The molecule has 0 saturated carbocycles. The van der Waals surface area contributed by atoms with Crippen LogP contribution in [0.2, 0.25) is 5.02 Å². The average molecular weight is 307 g/mol. The molecule has 1 unspecified atom stereocenters. The Morgan fingerprint density at radius 1 is 1.33 bits per heavy atom. The fraction of sp³-hybridized carbons (Fsp3) is 0.438. The highest BCUT2D eigenvalue weighted by Gasteiger charge is 2.20. The normalized spacial score (nSPS) is 12.9. The second-order valence-corrected chi connectivity index (χ2v) is 6.08. The van der Waals surface area contributed by atoms with Crippen LogP contribution in [-0.4, -0.2) is 35.3 Å². The topological polar surface area (TPSA) is 47.1 Å². The molecule has 2 aromatic rings. The Hall–Kier alpha value is -1.36. The molecule has 0 radical (unpaired) electrons. The largest absolute Gasteiger partial charge is 0.319 e. The van der Waals surface area contributed by atoms with Gasteiger partial charge in [-0.25, -0.2) is 0 Å². The van der Waals surface area contributed by atoms with Crippen molar-refractivity contribution < 1.29 is 0 Å². The van der Waals surface area contributed by atoms with Crippen molar-refractivity contribution >= 4 is 11.6 Å². The smallest absolute Gasteiger partial charge is 0.0837 e. The molecule has 1 atom stereocenters. The molecule has 0 aliphatic rings. The highest BCUT2D eigenvalue weighted by molar-refractivity contribution is 6.31. The van der Waals surface area contributed by atoms with Gasteiger partial charge in [-0.1, -0.05) is 29.8 Å². The summed E-state index contributed by atoms with van der Waals surface area (Å²) in [6.45, 7) is 5.85. The summed E-state index contributed by atoms with van der Waals surface area (Å²) in [6, 6.07) is 5.93. The van der Waals surface area contributed by atoms with Crippen molar-refractivity contribution in [3.63, 3.8) is 0 Å². The van der Waals surface area contributed by atoms with Crippen LogP contribution in [0.15, 0.2) is 24.4 Å². The number of nitrogens with two attached hydrogens (primary N) is 1. The summed E-state index contributed by atoms with van der Waals surface area (Å²) in [5, 5.41) is 4.99. The van der Waals surface area contributed by atoms with Gasteiger partial charge in [0.25, 0.3) is 0 Å². The molecule has 21 heavy (non-hydrogen) atoms. The van der Waals surface area contributed by atoms with Crippen molar-refractivity contribution in [3.8, 4) is 0 Å². The first kappa shape index (κ1) is 16.0. The Morgan fingerprint density at radius 3 is 2.71 bits per heavy atom. The summed E-state index contributed by atoms with van der Waals surface area (Å²) in [7, 11) is 4.07. The van der Waals surface area contributed by atoms with E-state index in [1.54, 1.807) is 6.20 Å². The van der Waals surface area contributed by atoms with Gasteiger partial charge in [0.05, 0.1) is 29.5 Å².